The maximum absolute atomic E-state index is 11.3. The number of carbonyl (C=O) groups is 1. The quantitative estimate of drug-likeness (QED) is 0.461. The van der Waals surface area contributed by atoms with E-state index in [9.17, 15) is 4.79 Å². The first-order chi connectivity index (χ1) is 10.6. The molecule has 22 heavy (non-hydrogen) atoms. The first-order valence-electron chi connectivity index (χ1n) is 8.25. The summed E-state index contributed by atoms with van der Waals surface area (Å²) in [5.74, 6) is 3.23. The SMILES string of the molecule is CC(=O)c1ccc(SSSC23CC4CC(CC(C4)C2)C3)cc1. The summed E-state index contributed by atoms with van der Waals surface area (Å²) in [5, 5.41) is 0. The standard InChI is InChI=1S/C18H22OS3/c1-12(19)16-2-4-17(5-3-16)20-22-21-18-9-13-6-14(10-18)8-15(7-13)11-18/h2-5,13-15H,6-11H2,1H3. The van der Waals surface area contributed by atoms with E-state index in [0.717, 1.165) is 23.3 Å². The van der Waals surface area contributed by atoms with E-state index < -0.39 is 0 Å². The van der Waals surface area contributed by atoms with Gasteiger partial charge in [0, 0.05) is 15.2 Å². The van der Waals surface area contributed by atoms with Crippen molar-refractivity contribution in [2.24, 2.45) is 17.8 Å². The molecule has 0 aromatic heterocycles. The van der Waals surface area contributed by atoms with E-state index >= 15 is 0 Å². The first-order valence-corrected chi connectivity index (χ1v) is 11.7. The van der Waals surface area contributed by atoms with Crippen molar-refractivity contribution in [2.75, 3.05) is 0 Å². The molecule has 1 aromatic rings. The summed E-state index contributed by atoms with van der Waals surface area (Å²) >= 11 is 0. The molecule has 4 aliphatic rings. The van der Waals surface area contributed by atoms with Crippen LogP contribution in [-0.2, 0) is 0 Å². The molecule has 0 amide bonds. The van der Waals surface area contributed by atoms with Crippen molar-refractivity contribution in [3.8, 4) is 0 Å². The van der Waals surface area contributed by atoms with Crippen molar-refractivity contribution < 1.29 is 4.79 Å². The third-order valence-electron chi connectivity index (χ3n) is 5.58. The van der Waals surface area contributed by atoms with Crippen molar-refractivity contribution in [2.45, 2.75) is 55.1 Å². The van der Waals surface area contributed by atoms with Gasteiger partial charge >= 0.3 is 0 Å². The highest BCUT2D eigenvalue weighted by molar-refractivity contribution is 9.09. The molecule has 5 rings (SSSR count). The fraction of sp³-hybridized carbons (Fsp3) is 0.611. The summed E-state index contributed by atoms with van der Waals surface area (Å²) in [4.78, 5) is 12.6. The predicted molar refractivity (Wildman–Crippen MR) is 98.4 cm³/mol. The smallest absolute Gasteiger partial charge is 0.159 e. The van der Waals surface area contributed by atoms with Crippen LogP contribution in [0.1, 0.15) is 55.8 Å². The van der Waals surface area contributed by atoms with Crippen LogP contribution >= 0.6 is 31.4 Å². The zero-order valence-electron chi connectivity index (χ0n) is 12.9. The van der Waals surface area contributed by atoms with E-state index in [1.807, 2.05) is 32.8 Å². The van der Waals surface area contributed by atoms with E-state index in [4.69, 9.17) is 0 Å². The molecule has 0 unspecified atom stereocenters. The van der Waals surface area contributed by atoms with Crippen LogP contribution in [0, 0.1) is 17.8 Å². The Labute approximate surface area is 144 Å². The lowest BCUT2D eigenvalue weighted by atomic mass is 9.56. The molecule has 0 atom stereocenters. The Morgan fingerprint density at radius 2 is 1.55 bits per heavy atom. The Morgan fingerprint density at radius 1 is 1.00 bits per heavy atom. The maximum atomic E-state index is 11.3. The Balaban J connectivity index is 1.34. The summed E-state index contributed by atoms with van der Waals surface area (Å²) in [6.45, 7) is 1.62. The molecule has 4 heteroatoms. The van der Waals surface area contributed by atoms with Crippen molar-refractivity contribution in [3.63, 3.8) is 0 Å². The van der Waals surface area contributed by atoms with Gasteiger partial charge < -0.3 is 0 Å². The molecule has 1 nitrogen and oxygen atoms in total. The Hall–Kier alpha value is -0.0600. The van der Waals surface area contributed by atoms with E-state index in [-0.39, 0.29) is 5.78 Å². The molecule has 0 heterocycles. The van der Waals surface area contributed by atoms with Crippen molar-refractivity contribution >= 4 is 37.2 Å². The number of benzene rings is 1. The van der Waals surface area contributed by atoms with Gasteiger partial charge in [-0.1, -0.05) is 22.9 Å². The third kappa shape index (κ3) is 3.11. The second-order valence-corrected chi connectivity index (χ2v) is 11.9. The molecule has 0 spiro atoms. The van der Waals surface area contributed by atoms with Gasteiger partial charge in [0.1, 0.15) is 0 Å². The maximum Gasteiger partial charge on any atom is 0.159 e. The molecule has 4 saturated carbocycles. The Kier molecular flexibility index (Phi) is 4.29. The molecule has 0 radical (unpaired) electrons. The number of Topliss-reactive ketones (excluding diaryl/α,β-unsaturated/α-hetero) is 1. The van der Waals surface area contributed by atoms with Crippen LogP contribution in [0.2, 0.25) is 0 Å². The van der Waals surface area contributed by atoms with Crippen molar-refractivity contribution in [1.82, 2.24) is 0 Å². The van der Waals surface area contributed by atoms with E-state index in [1.54, 1.807) is 6.92 Å². The number of carbonyl (C=O) groups excluding carboxylic acids is 1. The summed E-state index contributed by atoms with van der Waals surface area (Å²) in [6.07, 6.45) is 8.93. The van der Waals surface area contributed by atoms with E-state index in [1.165, 1.54) is 43.4 Å². The van der Waals surface area contributed by atoms with Crippen LogP contribution < -0.4 is 0 Å². The topological polar surface area (TPSA) is 17.1 Å². The third-order valence-corrected chi connectivity index (χ3v) is 10.3. The highest BCUT2D eigenvalue weighted by atomic mass is 33.5. The minimum atomic E-state index is 0.146. The van der Waals surface area contributed by atoms with Crippen LogP contribution in [0.4, 0.5) is 0 Å². The van der Waals surface area contributed by atoms with Gasteiger partial charge in [-0.15, -0.1) is 0 Å². The summed E-state index contributed by atoms with van der Waals surface area (Å²) < 4.78 is 0.575. The minimum absolute atomic E-state index is 0.146. The van der Waals surface area contributed by atoms with Gasteiger partial charge in [0.25, 0.3) is 0 Å². The van der Waals surface area contributed by atoms with Crippen molar-refractivity contribution in [3.05, 3.63) is 29.8 Å². The lowest BCUT2D eigenvalue weighted by Gasteiger charge is -2.56. The van der Waals surface area contributed by atoms with Crippen LogP contribution in [0.3, 0.4) is 0 Å². The number of ketones is 1. The number of hydrogen-bond donors (Lipinski definition) is 0. The van der Waals surface area contributed by atoms with Gasteiger partial charge in [-0.05, 0) is 96.0 Å². The monoisotopic (exact) mass is 350 g/mol. The van der Waals surface area contributed by atoms with Crippen LogP contribution in [0.15, 0.2) is 29.2 Å². The molecule has 0 saturated heterocycles. The Bertz CT molecular complexity index is 531. The number of rotatable bonds is 5. The average Bonchev–Trinajstić information content (AvgIpc) is 2.46. The predicted octanol–water partition coefficient (Wildman–Crippen LogP) is 6.25. The molecule has 0 aliphatic heterocycles. The second-order valence-electron chi connectivity index (χ2n) is 7.42. The fourth-order valence-corrected chi connectivity index (χ4v) is 10.5. The van der Waals surface area contributed by atoms with Crippen LogP contribution in [0.5, 0.6) is 0 Å². The average molecular weight is 351 g/mol. The lowest BCUT2D eigenvalue weighted by Crippen LogP contribution is -2.48. The molecule has 4 bridgehead atoms. The highest BCUT2D eigenvalue weighted by Gasteiger charge is 2.51. The molecular formula is C18H22OS3. The molecule has 1 aromatic carbocycles. The zero-order chi connectivity index (χ0) is 15.2. The van der Waals surface area contributed by atoms with E-state index in [0.29, 0.717) is 4.75 Å². The van der Waals surface area contributed by atoms with Crippen LogP contribution in [-0.4, -0.2) is 10.5 Å². The molecule has 4 fully saturated rings. The normalized spacial score (nSPS) is 35.8. The second kappa shape index (κ2) is 6.10. The number of hydrogen-bond acceptors (Lipinski definition) is 4. The Morgan fingerprint density at radius 3 is 2.05 bits per heavy atom. The molecular weight excluding hydrogens is 328 g/mol. The highest BCUT2D eigenvalue weighted by Crippen LogP contribution is 2.64. The largest absolute Gasteiger partial charge is 0.295 e. The summed E-state index contributed by atoms with van der Waals surface area (Å²) in [7, 11) is 5.97. The van der Waals surface area contributed by atoms with Gasteiger partial charge in [-0.3, -0.25) is 4.79 Å². The first kappa shape index (κ1) is 15.5. The van der Waals surface area contributed by atoms with Crippen LogP contribution in [0.25, 0.3) is 0 Å². The van der Waals surface area contributed by atoms with Gasteiger partial charge in [0.05, 0.1) is 0 Å². The van der Waals surface area contributed by atoms with Gasteiger partial charge in [0.2, 0.25) is 0 Å². The summed E-state index contributed by atoms with van der Waals surface area (Å²) in [6, 6.07) is 8.05. The van der Waals surface area contributed by atoms with Crippen molar-refractivity contribution in [1.29, 1.82) is 0 Å². The van der Waals surface area contributed by atoms with Gasteiger partial charge in [-0.25, -0.2) is 0 Å². The van der Waals surface area contributed by atoms with E-state index in [2.05, 4.69) is 22.9 Å². The molecule has 118 valence electrons. The summed E-state index contributed by atoms with van der Waals surface area (Å²) in [5.41, 5.74) is 0.808. The van der Waals surface area contributed by atoms with Gasteiger partial charge in [-0.2, -0.15) is 0 Å². The molecule has 0 N–H and O–H groups in total. The van der Waals surface area contributed by atoms with Gasteiger partial charge in [0.15, 0.2) is 5.78 Å². The minimum Gasteiger partial charge on any atom is -0.295 e. The lowest BCUT2D eigenvalue weighted by molar-refractivity contribution is 0.0390. The molecule has 4 aliphatic carbocycles. The zero-order valence-corrected chi connectivity index (χ0v) is 15.4. The fourth-order valence-electron chi connectivity index (χ4n) is 5.01.